The highest BCUT2D eigenvalue weighted by Crippen LogP contribution is 2.34. The Labute approximate surface area is 76.7 Å². The van der Waals surface area contributed by atoms with E-state index in [1.165, 1.54) is 0 Å². The van der Waals surface area contributed by atoms with E-state index in [-0.39, 0.29) is 12.1 Å². The number of hydrogen-bond donors (Lipinski definition) is 1. The fourth-order valence-electron chi connectivity index (χ4n) is 1.73. The van der Waals surface area contributed by atoms with Crippen molar-refractivity contribution in [2.75, 3.05) is 6.54 Å². The largest absolute Gasteiger partial charge is 0.390 e. The molecule has 1 nitrogen and oxygen atoms in total. The van der Waals surface area contributed by atoms with Gasteiger partial charge >= 0.3 is 6.18 Å². The summed E-state index contributed by atoms with van der Waals surface area (Å²) in [5, 5.41) is 3.02. The zero-order chi connectivity index (χ0) is 9.95. The molecule has 0 aromatic rings. The molecule has 1 fully saturated rings. The maximum atomic E-state index is 11.8. The summed E-state index contributed by atoms with van der Waals surface area (Å²) in [7, 11) is 0. The summed E-state index contributed by atoms with van der Waals surface area (Å²) in [5.74, 6) is 0. The minimum absolute atomic E-state index is 0.0330. The van der Waals surface area contributed by atoms with E-state index in [0.717, 1.165) is 25.7 Å². The number of hydrogen-bond acceptors (Lipinski definition) is 1. The lowest BCUT2D eigenvalue weighted by Crippen LogP contribution is -2.51. The van der Waals surface area contributed by atoms with Crippen molar-refractivity contribution in [3.8, 4) is 0 Å². The SMILES string of the molecule is CCC1(NCCC(F)(F)F)CCC1. The molecule has 0 spiro atoms. The second-order valence-corrected chi connectivity index (χ2v) is 3.78. The van der Waals surface area contributed by atoms with Crippen molar-refractivity contribution in [2.45, 2.75) is 50.7 Å². The van der Waals surface area contributed by atoms with Crippen LogP contribution in [0.1, 0.15) is 39.0 Å². The molecule has 0 bridgehead atoms. The number of nitrogens with one attached hydrogen (secondary N) is 1. The summed E-state index contributed by atoms with van der Waals surface area (Å²) in [5.41, 5.74) is 0.0330. The van der Waals surface area contributed by atoms with Crippen LogP contribution >= 0.6 is 0 Å². The Morgan fingerprint density at radius 3 is 2.23 bits per heavy atom. The molecule has 1 N–H and O–H groups in total. The Balaban J connectivity index is 2.18. The predicted octanol–water partition coefficient (Wildman–Crippen LogP) is 2.86. The van der Waals surface area contributed by atoms with Crippen molar-refractivity contribution < 1.29 is 13.2 Å². The summed E-state index contributed by atoms with van der Waals surface area (Å²) in [4.78, 5) is 0. The molecule has 0 saturated heterocycles. The van der Waals surface area contributed by atoms with Gasteiger partial charge < -0.3 is 5.32 Å². The molecule has 1 aliphatic rings. The highest BCUT2D eigenvalue weighted by molar-refractivity contribution is 4.94. The highest BCUT2D eigenvalue weighted by Gasteiger charge is 2.35. The zero-order valence-electron chi connectivity index (χ0n) is 7.88. The summed E-state index contributed by atoms with van der Waals surface area (Å²) in [6, 6.07) is 0. The third-order valence-corrected chi connectivity index (χ3v) is 2.90. The molecule has 4 heteroatoms. The van der Waals surface area contributed by atoms with Gasteiger partial charge in [0.15, 0.2) is 0 Å². The van der Waals surface area contributed by atoms with Gasteiger partial charge in [-0.1, -0.05) is 6.92 Å². The second kappa shape index (κ2) is 3.86. The smallest absolute Gasteiger partial charge is 0.311 e. The molecular weight excluding hydrogens is 179 g/mol. The van der Waals surface area contributed by atoms with Crippen LogP contribution in [0.4, 0.5) is 13.2 Å². The first kappa shape index (κ1) is 10.8. The van der Waals surface area contributed by atoms with Crippen LogP contribution < -0.4 is 5.32 Å². The van der Waals surface area contributed by atoms with E-state index in [1.54, 1.807) is 0 Å². The van der Waals surface area contributed by atoms with Gasteiger partial charge in [-0.3, -0.25) is 0 Å². The first-order valence-electron chi connectivity index (χ1n) is 4.79. The lowest BCUT2D eigenvalue weighted by molar-refractivity contribution is -0.134. The van der Waals surface area contributed by atoms with Crippen LogP contribution in [-0.4, -0.2) is 18.3 Å². The van der Waals surface area contributed by atoms with E-state index in [9.17, 15) is 13.2 Å². The van der Waals surface area contributed by atoms with Crippen LogP contribution in [0.2, 0.25) is 0 Å². The Hall–Kier alpha value is -0.250. The maximum Gasteiger partial charge on any atom is 0.390 e. The molecule has 1 aliphatic carbocycles. The van der Waals surface area contributed by atoms with Crippen molar-refractivity contribution in [3.63, 3.8) is 0 Å². The lowest BCUT2D eigenvalue weighted by atomic mass is 9.75. The molecule has 0 aromatic heterocycles. The molecule has 0 aromatic carbocycles. The minimum atomic E-state index is -4.02. The van der Waals surface area contributed by atoms with Gasteiger partial charge in [0.1, 0.15) is 0 Å². The van der Waals surface area contributed by atoms with Crippen molar-refractivity contribution in [2.24, 2.45) is 0 Å². The summed E-state index contributed by atoms with van der Waals surface area (Å²) < 4.78 is 35.5. The summed E-state index contributed by atoms with van der Waals surface area (Å²) in [6.07, 6.45) is -0.596. The van der Waals surface area contributed by atoms with Crippen LogP contribution in [0.5, 0.6) is 0 Å². The Morgan fingerprint density at radius 2 is 1.92 bits per heavy atom. The third-order valence-electron chi connectivity index (χ3n) is 2.90. The normalized spacial score (nSPS) is 21.2. The van der Waals surface area contributed by atoms with Crippen LogP contribution in [0.15, 0.2) is 0 Å². The molecule has 78 valence electrons. The number of rotatable bonds is 4. The van der Waals surface area contributed by atoms with E-state index in [1.807, 2.05) is 6.92 Å². The average Bonchev–Trinajstić information content (AvgIpc) is 1.92. The van der Waals surface area contributed by atoms with Crippen molar-refractivity contribution >= 4 is 0 Å². The van der Waals surface area contributed by atoms with Gasteiger partial charge in [0.25, 0.3) is 0 Å². The molecule has 0 amide bonds. The summed E-state index contributed by atoms with van der Waals surface area (Å²) >= 11 is 0. The molecule has 13 heavy (non-hydrogen) atoms. The van der Waals surface area contributed by atoms with Crippen molar-refractivity contribution in [1.29, 1.82) is 0 Å². The lowest BCUT2D eigenvalue weighted by Gasteiger charge is -2.42. The minimum Gasteiger partial charge on any atom is -0.311 e. The first-order chi connectivity index (χ1) is 5.97. The fraction of sp³-hybridized carbons (Fsp3) is 1.00. The number of halogens is 3. The van der Waals surface area contributed by atoms with E-state index in [0.29, 0.717) is 0 Å². The molecule has 0 atom stereocenters. The Morgan fingerprint density at radius 1 is 1.31 bits per heavy atom. The molecule has 0 unspecified atom stereocenters. The molecule has 0 heterocycles. The van der Waals surface area contributed by atoms with Gasteiger partial charge in [0, 0.05) is 12.1 Å². The average molecular weight is 195 g/mol. The predicted molar refractivity (Wildman–Crippen MR) is 45.5 cm³/mol. The molecule has 1 rings (SSSR count). The molecule has 1 saturated carbocycles. The van der Waals surface area contributed by atoms with Gasteiger partial charge in [-0.2, -0.15) is 13.2 Å². The monoisotopic (exact) mass is 195 g/mol. The standard InChI is InChI=1S/C9H16F3N/c1-2-8(4-3-5-8)13-7-6-9(10,11)12/h13H,2-7H2,1H3. The summed E-state index contributed by atoms with van der Waals surface area (Å²) in [6.45, 7) is 2.09. The highest BCUT2D eigenvalue weighted by atomic mass is 19.4. The van der Waals surface area contributed by atoms with Gasteiger partial charge in [-0.05, 0) is 25.7 Å². The molecule has 0 radical (unpaired) electrons. The second-order valence-electron chi connectivity index (χ2n) is 3.78. The quantitative estimate of drug-likeness (QED) is 0.727. The number of alkyl halides is 3. The van der Waals surface area contributed by atoms with E-state index < -0.39 is 12.6 Å². The third kappa shape index (κ3) is 3.18. The van der Waals surface area contributed by atoms with Crippen molar-refractivity contribution in [1.82, 2.24) is 5.32 Å². The van der Waals surface area contributed by atoms with Crippen LogP contribution in [0.25, 0.3) is 0 Å². The topological polar surface area (TPSA) is 12.0 Å². The Kier molecular flexibility index (Phi) is 3.22. The zero-order valence-corrected chi connectivity index (χ0v) is 7.88. The Bertz CT molecular complexity index is 155. The van der Waals surface area contributed by atoms with E-state index in [4.69, 9.17) is 0 Å². The van der Waals surface area contributed by atoms with E-state index >= 15 is 0 Å². The van der Waals surface area contributed by atoms with Crippen LogP contribution in [0.3, 0.4) is 0 Å². The van der Waals surface area contributed by atoms with Gasteiger partial charge in [0.2, 0.25) is 0 Å². The van der Waals surface area contributed by atoms with Crippen molar-refractivity contribution in [3.05, 3.63) is 0 Å². The molecule has 0 aliphatic heterocycles. The molecular formula is C9H16F3N. The first-order valence-corrected chi connectivity index (χ1v) is 4.79. The fourth-order valence-corrected chi connectivity index (χ4v) is 1.73. The van der Waals surface area contributed by atoms with Crippen LogP contribution in [-0.2, 0) is 0 Å². The van der Waals surface area contributed by atoms with Gasteiger partial charge in [-0.25, -0.2) is 0 Å². The van der Waals surface area contributed by atoms with Gasteiger partial charge in [-0.15, -0.1) is 0 Å². The van der Waals surface area contributed by atoms with Crippen LogP contribution in [0, 0.1) is 0 Å². The van der Waals surface area contributed by atoms with Gasteiger partial charge in [0.05, 0.1) is 6.42 Å². The van der Waals surface area contributed by atoms with E-state index in [2.05, 4.69) is 5.32 Å². The maximum absolute atomic E-state index is 11.8.